The number of nitrogens with zero attached hydrogens (tertiary/aromatic N) is 4. The number of aromatic nitrogens is 2. The van der Waals surface area contributed by atoms with Crippen LogP contribution in [0.25, 0.3) is 11.4 Å². The lowest BCUT2D eigenvalue weighted by Crippen LogP contribution is -2.29. The number of aliphatic hydroxyl groups is 2. The summed E-state index contributed by atoms with van der Waals surface area (Å²) in [6.45, 7) is 1.03. The molecule has 26 heavy (non-hydrogen) atoms. The van der Waals surface area contributed by atoms with Crippen molar-refractivity contribution in [3.8, 4) is 11.4 Å². The molecule has 0 amide bonds. The zero-order valence-corrected chi connectivity index (χ0v) is 14.3. The fourth-order valence-electron chi connectivity index (χ4n) is 2.57. The molecule has 7 nitrogen and oxygen atoms in total. The highest BCUT2D eigenvalue weighted by Gasteiger charge is 2.05. The van der Waals surface area contributed by atoms with Gasteiger partial charge in [-0.2, -0.15) is 10.2 Å². The maximum atomic E-state index is 9.11. The van der Waals surface area contributed by atoms with E-state index in [-0.39, 0.29) is 13.2 Å². The molecule has 0 aliphatic rings. The number of H-pyrrole nitrogens is 1. The Balaban J connectivity index is 1.66. The molecule has 1 heterocycles. The summed E-state index contributed by atoms with van der Waals surface area (Å²) >= 11 is 0. The lowest BCUT2D eigenvalue weighted by atomic mass is 10.2. The van der Waals surface area contributed by atoms with Crippen molar-refractivity contribution in [1.82, 2.24) is 9.97 Å². The lowest BCUT2D eigenvalue weighted by Gasteiger charge is -2.22. The van der Waals surface area contributed by atoms with Crippen molar-refractivity contribution in [2.45, 2.75) is 0 Å². The number of benzene rings is 2. The largest absolute Gasteiger partial charge is 0.395 e. The van der Waals surface area contributed by atoms with Crippen LogP contribution < -0.4 is 4.90 Å². The number of rotatable bonds is 8. The van der Waals surface area contributed by atoms with Gasteiger partial charge in [0.25, 0.3) is 0 Å². The van der Waals surface area contributed by atoms with Crippen molar-refractivity contribution in [3.05, 3.63) is 60.9 Å². The van der Waals surface area contributed by atoms with Gasteiger partial charge in [-0.25, -0.2) is 4.98 Å². The molecule has 7 heteroatoms. The number of hydrogen-bond acceptors (Lipinski definition) is 6. The summed E-state index contributed by atoms with van der Waals surface area (Å²) in [5.74, 6) is 0.819. The van der Waals surface area contributed by atoms with Crippen molar-refractivity contribution in [1.29, 1.82) is 0 Å². The molecule has 0 bridgehead atoms. The van der Waals surface area contributed by atoms with Crippen LogP contribution in [0.5, 0.6) is 0 Å². The molecule has 134 valence electrons. The molecule has 1 aromatic heterocycles. The standard InChI is InChI=1S/C19H21N5O2/c25-13-11-24(12-14-26)18-7-5-17(6-8-18)23-22-16-3-1-15(2-4-16)19-20-9-10-21-19/h1-10,25-26H,11-14H2,(H,20,21). The number of hydrogen-bond donors (Lipinski definition) is 3. The van der Waals surface area contributed by atoms with Crippen LogP contribution in [0, 0.1) is 0 Å². The SMILES string of the molecule is OCCN(CCO)c1ccc(N=Nc2ccc(-c3ncc[nH]3)cc2)cc1. The molecule has 0 radical (unpaired) electrons. The molecule has 0 unspecified atom stereocenters. The van der Waals surface area contributed by atoms with Gasteiger partial charge in [0, 0.05) is 36.7 Å². The Bertz CT molecular complexity index is 808. The fourth-order valence-corrected chi connectivity index (χ4v) is 2.57. The van der Waals surface area contributed by atoms with Gasteiger partial charge in [-0.05, 0) is 48.5 Å². The first-order chi connectivity index (χ1) is 12.8. The Kier molecular flexibility index (Phi) is 6.08. The average Bonchev–Trinajstić information content (AvgIpc) is 3.22. The van der Waals surface area contributed by atoms with Crippen LogP contribution in [-0.2, 0) is 0 Å². The van der Waals surface area contributed by atoms with E-state index in [2.05, 4.69) is 20.2 Å². The summed E-state index contributed by atoms with van der Waals surface area (Å²) in [4.78, 5) is 9.19. The van der Waals surface area contributed by atoms with E-state index in [1.54, 1.807) is 12.4 Å². The molecular weight excluding hydrogens is 330 g/mol. The van der Waals surface area contributed by atoms with Crippen molar-refractivity contribution in [2.24, 2.45) is 10.2 Å². The fraction of sp³-hybridized carbons (Fsp3) is 0.211. The monoisotopic (exact) mass is 351 g/mol. The molecule has 0 fully saturated rings. The lowest BCUT2D eigenvalue weighted by molar-refractivity contribution is 0.281. The van der Waals surface area contributed by atoms with E-state index in [0.717, 1.165) is 28.5 Å². The molecule has 0 saturated carbocycles. The first kappa shape index (κ1) is 17.8. The predicted octanol–water partition coefficient (Wildman–Crippen LogP) is 3.28. The first-order valence-electron chi connectivity index (χ1n) is 8.38. The van der Waals surface area contributed by atoms with Crippen LogP contribution in [0.2, 0.25) is 0 Å². The van der Waals surface area contributed by atoms with Gasteiger partial charge in [-0.1, -0.05) is 0 Å². The number of anilines is 1. The second-order valence-corrected chi connectivity index (χ2v) is 5.64. The smallest absolute Gasteiger partial charge is 0.137 e. The summed E-state index contributed by atoms with van der Waals surface area (Å²) in [6, 6.07) is 15.2. The maximum Gasteiger partial charge on any atom is 0.137 e. The summed E-state index contributed by atoms with van der Waals surface area (Å²) in [5, 5.41) is 26.7. The van der Waals surface area contributed by atoms with Gasteiger partial charge >= 0.3 is 0 Å². The van der Waals surface area contributed by atoms with Gasteiger partial charge < -0.3 is 20.1 Å². The van der Waals surface area contributed by atoms with Gasteiger partial charge in [0.15, 0.2) is 0 Å². The molecule has 0 aliphatic heterocycles. The molecule has 2 aromatic carbocycles. The van der Waals surface area contributed by atoms with Gasteiger partial charge in [0.05, 0.1) is 24.6 Å². The molecule has 3 aromatic rings. The number of azo groups is 1. The Hall–Kier alpha value is -3.03. The highest BCUT2D eigenvalue weighted by molar-refractivity contribution is 5.58. The van der Waals surface area contributed by atoms with Gasteiger partial charge in [-0.3, -0.25) is 0 Å². The summed E-state index contributed by atoms with van der Waals surface area (Å²) < 4.78 is 0. The van der Waals surface area contributed by atoms with E-state index < -0.39 is 0 Å². The maximum absolute atomic E-state index is 9.11. The van der Waals surface area contributed by atoms with Gasteiger partial charge in [-0.15, -0.1) is 0 Å². The molecule has 0 atom stereocenters. The highest BCUT2D eigenvalue weighted by atomic mass is 16.3. The van der Waals surface area contributed by atoms with Gasteiger partial charge in [0.1, 0.15) is 5.82 Å². The van der Waals surface area contributed by atoms with Crippen LogP contribution in [0.15, 0.2) is 71.2 Å². The molecule has 0 spiro atoms. The van der Waals surface area contributed by atoms with E-state index >= 15 is 0 Å². The third kappa shape index (κ3) is 4.53. The van der Waals surface area contributed by atoms with E-state index in [4.69, 9.17) is 10.2 Å². The Labute approximate surface area is 151 Å². The zero-order chi connectivity index (χ0) is 18.2. The third-order valence-corrected chi connectivity index (χ3v) is 3.87. The average molecular weight is 351 g/mol. The Morgan fingerprint density at radius 3 is 1.92 bits per heavy atom. The summed E-state index contributed by atoms with van der Waals surface area (Å²) in [7, 11) is 0. The zero-order valence-electron chi connectivity index (χ0n) is 14.3. The summed E-state index contributed by atoms with van der Waals surface area (Å²) in [6.07, 6.45) is 3.50. The van der Waals surface area contributed by atoms with E-state index in [1.165, 1.54) is 0 Å². The van der Waals surface area contributed by atoms with Crippen LogP contribution in [0.3, 0.4) is 0 Å². The van der Waals surface area contributed by atoms with Crippen molar-refractivity contribution in [2.75, 3.05) is 31.2 Å². The van der Waals surface area contributed by atoms with Crippen molar-refractivity contribution >= 4 is 17.1 Å². The minimum absolute atomic E-state index is 0.0372. The van der Waals surface area contributed by atoms with E-state index in [0.29, 0.717) is 13.1 Å². The second-order valence-electron chi connectivity index (χ2n) is 5.64. The number of imidazole rings is 1. The van der Waals surface area contributed by atoms with Crippen molar-refractivity contribution < 1.29 is 10.2 Å². The van der Waals surface area contributed by atoms with E-state index in [9.17, 15) is 0 Å². The minimum Gasteiger partial charge on any atom is -0.395 e. The topological polar surface area (TPSA) is 97.1 Å². The first-order valence-corrected chi connectivity index (χ1v) is 8.38. The van der Waals surface area contributed by atoms with Crippen LogP contribution >= 0.6 is 0 Å². The Morgan fingerprint density at radius 1 is 0.846 bits per heavy atom. The molecule has 3 rings (SSSR count). The normalized spacial score (nSPS) is 11.2. The minimum atomic E-state index is 0.0372. The van der Waals surface area contributed by atoms with Crippen LogP contribution in [-0.4, -0.2) is 46.5 Å². The van der Waals surface area contributed by atoms with Gasteiger partial charge in [0.2, 0.25) is 0 Å². The van der Waals surface area contributed by atoms with Crippen LogP contribution in [0.1, 0.15) is 0 Å². The summed E-state index contributed by atoms with van der Waals surface area (Å²) in [5.41, 5.74) is 3.41. The molecule has 0 aliphatic carbocycles. The number of aromatic amines is 1. The highest BCUT2D eigenvalue weighted by Crippen LogP contribution is 2.24. The quantitative estimate of drug-likeness (QED) is 0.543. The number of aliphatic hydroxyl groups excluding tert-OH is 2. The molecular formula is C19H21N5O2. The van der Waals surface area contributed by atoms with Crippen molar-refractivity contribution in [3.63, 3.8) is 0 Å². The molecule has 0 saturated heterocycles. The third-order valence-electron chi connectivity index (χ3n) is 3.87. The second kappa shape index (κ2) is 8.89. The van der Waals surface area contributed by atoms with Crippen LogP contribution in [0.4, 0.5) is 17.1 Å². The predicted molar refractivity (Wildman–Crippen MR) is 101 cm³/mol. The Morgan fingerprint density at radius 2 is 1.42 bits per heavy atom. The van der Waals surface area contributed by atoms with E-state index in [1.807, 2.05) is 53.4 Å². The number of nitrogens with one attached hydrogen (secondary N) is 1. The molecule has 3 N–H and O–H groups in total.